The number of para-hydroxylation sites is 2. The predicted octanol–water partition coefficient (Wildman–Crippen LogP) is 1.66. The Morgan fingerprint density at radius 3 is 2.54 bits per heavy atom. The molecule has 128 valence electrons. The van der Waals surface area contributed by atoms with E-state index in [1.54, 1.807) is 33.1 Å². The molecule has 0 aliphatic carbocycles. The summed E-state index contributed by atoms with van der Waals surface area (Å²) >= 11 is 0. The van der Waals surface area contributed by atoms with Gasteiger partial charge in [0, 0.05) is 0 Å². The summed E-state index contributed by atoms with van der Waals surface area (Å²) in [5.74, 6) is 6.86. The molecule has 0 bridgehead atoms. The fourth-order valence-corrected chi connectivity index (χ4v) is 3.28. The topological polar surface area (TPSA) is 90.7 Å². The number of nitrogens with one attached hydrogen (secondary N) is 1. The molecule has 0 unspecified atom stereocenters. The summed E-state index contributed by atoms with van der Waals surface area (Å²) in [6, 6.07) is 7.20. The van der Waals surface area contributed by atoms with Gasteiger partial charge >= 0.3 is 0 Å². The zero-order valence-corrected chi connectivity index (χ0v) is 14.4. The van der Waals surface area contributed by atoms with Crippen LogP contribution in [0.4, 0.5) is 0 Å². The first kappa shape index (κ1) is 17.8. The van der Waals surface area contributed by atoms with Gasteiger partial charge in [0.15, 0.2) is 17.3 Å². The number of nitrogens with zero attached hydrogens (tertiary/aromatic N) is 1. The molecule has 0 fully saturated rings. The average molecular weight is 350 g/mol. The smallest absolute Gasteiger partial charge is 0.246 e. The minimum absolute atomic E-state index is 0.0400. The van der Waals surface area contributed by atoms with Crippen LogP contribution in [0.5, 0.6) is 11.5 Å². The number of ether oxygens (including phenoxy) is 2. The first-order chi connectivity index (χ1) is 11.5. The molecule has 0 aliphatic heterocycles. The maximum Gasteiger partial charge on any atom is 0.246 e. The van der Waals surface area contributed by atoms with Gasteiger partial charge in [-0.3, -0.25) is 0 Å². The van der Waals surface area contributed by atoms with E-state index >= 15 is 0 Å². The van der Waals surface area contributed by atoms with E-state index in [1.807, 2.05) is 12.1 Å². The van der Waals surface area contributed by atoms with Gasteiger partial charge < -0.3 is 14.0 Å². The number of rotatable bonds is 6. The molecule has 2 aromatic rings. The summed E-state index contributed by atoms with van der Waals surface area (Å²) in [6.07, 6.45) is 0. The molecule has 2 rings (SSSR count). The van der Waals surface area contributed by atoms with Crippen molar-refractivity contribution in [2.24, 2.45) is 0 Å². The number of sulfonamides is 1. The molecule has 7 nitrogen and oxygen atoms in total. The number of hydrogen-bond acceptors (Lipinski definition) is 6. The summed E-state index contributed by atoms with van der Waals surface area (Å²) in [5.41, 5.74) is 0.312. The molecule has 1 aromatic carbocycles. The number of benzene rings is 1. The Labute approximate surface area is 141 Å². The van der Waals surface area contributed by atoms with Crippen LogP contribution in [-0.2, 0) is 10.0 Å². The van der Waals surface area contributed by atoms with Gasteiger partial charge in [0.2, 0.25) is 10.0 Å². The Bertz CT molecular complexity index is 843. The SMILES string of the molecule is COc1ccccc1OCC#CCNS(=O)(=O)c1c(C)noc1C. The van der Waals surface area contributed by atoms with Crippen molar-refractivity contribution < 1.29 is 22.4 Å². The fourth-order valence-electron chi connectivity index (χ4n) is 2.03. The maximum atomic E-state index is 12.1. The molecule has 24 heavy (non-hydrogen) atoms. The third-order valence-electron chi connectivity index (χ3n) is 3.08. The van der Waals surface area contributed by atoms with Gasteiger partial charge in [0.05, 0.1) is 13.7 Å². The lowest BCUT2D eigenvalue weighted by Crippen LogP contribution is -2.25. The van der Waals surface area contributed by atoms with Crippen LogP contribution < -0.4 is 14.2 Å². The molecule has 0 saturated heterocycles. The molecule has 1 N–H and O–H groups in total. The molecular weight excluding hydrogens is 332 g/mol. The molecule has 8 heteroatoms. The van der Waals surface area contributed by atoms with Crippen LogP contribution in [0.3, 0.4) is 0 Å². The second-order valence-electron chi connectivity index (χ2n) is 4.77. The van der Waals surface area contributed by atoms with Crippen molar-refractivity contribution in [1.29, 1.82) is 0 Å². The zero-order chi connectivity index (χ0) is 17.6. The molecule has 0 spiro atoms. The Balaban J connectivity index is 1.88. The minimum Gasteiger partial charge on any atom is -0.493 e. The minimum atomic E-state index is -3.70. The first-order valence-corrected chi connectivity index (χ1v) is 8.58. The molecule has 1 heterocycles. The second kappa shape index (κ2) is 7.86. The summed E-state index contributed by atoms with van der Waals surface area (Å²) in [4.78, 5) is 0.0505. The van der Waals surface area contributed by atoms with Crippen LogP contribution in [0.15, 0.2) is 33.7 Å². The second-order valence-corrected chi connectivity index (χ2v) is 6.47. The van der Waals surface area contributed by atoms with Crippen LogP contribution in [0.2, 0.25) is 0 Å². The lowest BCUT2D eigenvalue weighted by molar-refractivity contribution is 0.331. The summed E-state index contributed by atoms with van der Waals surface area (Å²) < 4.78 is 42.2. The zero-order valence-electron chi connectivity index (χ0n) is 13.6. The van der Waals surface area contributed by atoms with Crippen molar-refractivity contribution >= 4 is 10.0 Å². The van der Waals surface area contributed by atoms with E-state index in [9.17, 15) is 8.42 Å². The van der Waals surface area contributed by atoms with Gasteiger partial charge in [0.1, 0.15) is 17.2 Å². The highest BCUT2D eigenvalue weighted by molar-refractivity contribution is 7.89. The molecule has 0 atom stereocenters. The van der Waals surface area contributed by atoms with E-state index in [-0.39, 0.29) is 23.8 Å². The molecule has 0 saturated carbocycles. The lowest BCUT2D eigenvalue weighted by atomic mass is 10.3. The van der Waals surface area contributed by atoms with Gasteiger partial charge in [-0.2, -0.15) is 4.72 Å². The van der Waals surface area contributed by atoms with Gasteiger partial charge in [-0.25, -0.2) is 8.42 Å². The fraction of sp³-hybridized carbons (Fsp3) is 0.312. The van der Waals surface area contributed by atoms with Gasteiger partial charge in [0.25, 0.3) is 0 Å². The Morgan fingerprint density at radius 2 is 1.92 bits per heavy atom. The summed E-state index contributed by atoms with van der Waals surface area (Å²) in [7, 11) is -2.14. The first-order valence-electron chi connectivity index (χ1n) is 7.10. The number of hydrogen-bond donors (Lipinski definition) is 1. The summed E-state index contributed by atoms with van der Waals surface area (Å²) in [6.45, 7) is 3.19. The van der Waals surface area contributed by atoms with Crippen molar-refractivity contribution in [3.05, 3.63) is 35.7 Å². The average Bonchev–Trinajstić information content (AvgIpc) is 2.90. The number of methoxy groups -OCH3 is 1. The normalized spacial score (nSPS) is 10.8. The number of aryl methyl sites for hydroxylation is 2. The molecule has 0 amide bonds. The molecule has 0 aliphatic rings. The molecular formula is C16H18N2O5S. The quantitative estimate of drug-likeness (QED) is 0.797. The van der Waals surface area contributed by atoms with E-state index in [0.717, 1.165) is 0 Å². The van der Waals surface area contributed by atoms with Crippen molar-refractivity contribution in [3.8, 4) is 23.3 Å². The number of aromatic nitrogens is 1. The third kappa shape index (κ3) is 4.28. The third-order valence-corrected chi connectivity index (χ3v) is 4.73. The highest BCUT2D eigenvalue weighted by Gasteiger charge is 2.23. The maximum absolute atomic E-state index is 12.1. The van der Waals surface area contributed by atoms with Gasteiger partial charge in [-0.15, -0.1) is 0 Å². The van der Waals surface area contributed by atoms with Crippen molar-refractivity contribution in [1.82, 2.24) is 9.88 Å². The standard InChI is InChI=1S/C16H18N2O5S/c1-12-16(13(2)23-18-12)24(19,20)17-10-6-7-11-22-15-9-5-4-8-14(15)21-3/h4-5,8-9,17H,10-11H2,1-3H3. The van der Waals surface area contributed by atoms with Crippen molar-refractivity contribution in [2.75, 3.05) is 20.3 Å². The van der Waals surface area contributed by atoms with E-state index < -0.39 is 10.0 Å². The highest BCUT2D eigenvalue weighted by Crippen LogP contribution is 2.25. The lowest BCUT2D eigenvalue weighted by Gasteiger charge is -2.07. The predicted molar refractivity (Wildman–Crippen MR) is 87.4 cm³/mol. The van der Waals surface area contributed by atoms with Crippen molar-refractivity contribution in [2.45, 2.75) is 18.7 Å². The van der Waals surface area contributed by atoms with Crippen LogP contribution in [0, 0.1) is 25.7 Å². The van der Waals surface area contributed by atoms with Crippen molar-refractivity contribution in [3.63, 3.8) is 0 Å². The van der Waals surface area contributed by atoms with E-state index in [1.165, 1.54) is 0 Å². The Morgan fingerprint density at radius 1 is 1.21 bits per heavy atom. The summed E-state index contributed by atoms with van der Waals surface area (Å²) in [5, 5.41) is 3.63. The monoisotopic (exact) mass is 350 g/mol. The largest absolute Gasteiger partial charge is 0.493 e. The highest BCUT2D eigenvalue weighted by atomic mass is 32.2. The van der Waals surface area contributed by atoms with Crippen LogP contribution in [-0.4, -0.2) is 33.8 Å². The molecule has 1 aromatic heterocycles. The van der Waals surface area contributed by atoms with E-state index in [2.05, 4.69) is 21.7 Å². The Hall–Kier alpha value is -2.50. The van der Waals surface area contributed by atoms with Crippen LogP contribution >= 0.6 is 0 Å². The van der Waals surface area contributed by atoms with E-state index in [4.69, 9.17) is 14.0 Å². The van der Waals surface area contributed by atoms with Gasteiger partial charge in [-0.05, 0) is 26.0 Å². The van der Waals surface area contributed by atoms with E-state index in [0.29, 0.717) is 17.2 Å². The Kier molecular flexibility index (Phi) is 5.84. The molecule has 0 radical (unpaired) electrons. The van der Waals surface area contributed by atoms with Crippen LogP contribution in [0.25, 0.3) is 0 Å². The van der Waals surface area contributed by atoms with Crippen LogP contribution in [0.1, 0.15) is 11.5 Å². The van der Waals surface area contributed by atoms with Gasteiger partial charge in [-0.1, -0.05) is 29.1 Å².